The van der Waals surface area contributed by atoms with Crippen molar-refractivity contribution in [2.45, 2.75) is 0 Å². The third-order valence-corrected chi connectivity index (χ3v) is 4.41. The van der Waals surface area contributed by atoms with E-state index in [0.29, 0.717) is 0 Å². The van der Waals surface area contributed by atoms with E-state index in [4.69, 9.17) is 11.6 Å². The van der Waals surface area contributed by atoms with Gasteiger partial charge in [0.15, 0.2) is 0 Å². The van der Waals surface area contributed by atoms with Crippen LogP contribution in [0.1, 0.15) is 0 Å². The Labute approximate surface area is 143 Å². The fourth-order valence-electron chi connectivity index (χ4n) is 3.03. The van der Waals surface area contributed by atoms with E-state index in [2.05, 4.69) is 14.5 Å². The number of hydrogen-bond donors (Lipinski definition) is 0. The van der Waals surface area contributed by atoms with Gasteiger partial charge in [-0.3, -0.25) is 9.97 Å². The molecule has 0 aliphatic rings. The maximum Gasteiger partial charge on any atom is 0.141 e. The van der Waals surface area contributed by atoms with Crippen molar-refractivity contribution in [3.63, 3.8) is 0 Å². The number of rotatable bonds is 2. The topological polar surface area (TPSA) is 30.7 Å². The third kappa shape index (κ3) is 2.27. The number of aromatic nitrogens is 3. The Balaban J connectivity index is 2.11. The number of pyridine rings is 2. The van der Waals surface area contributed by atoms with Crippen molar-refractivity contribution in [1.82, 2.24) is 14.5 Å². The molecule has 1 aromatic carbocycles. The zero-order chi connectivity index (χ0) is 16.7. The van der Waals surface area contributed by atoms with E-state index in [1.54, 1.807) is 30.7 Å². The summed E-state index contributed by atoms with van der Waals surface area (Å²) in [5, 5.41) is 0.0983. The minimum Gasteiger partial charge on any atom is -0.342 e. The first-order valence-electron chi connectivity index (χ1n) is 7.46. The van der Waals surface area contributed by atoms with Gasteiger partial charge < -0.3 is 4.57 Å². The lowest BCUT2D eigenvalue weighted by molar-refractivity contribution is 0.628. The van der Waals surface area contributed by atoms with E-state index in [1.165, 1.54) is 6.07 Å². The summed E-state index contributed by atoms with van der Waals surface area (Å²) in [6, 6.07) is 12.6. The highest BCUT2D eigenvalue weighted by Gasteiger charge is 2.19. The number of fused-ring (bicyclic) bond motifs is 1. The molecule has 0 aliphatic heterocycles. The van der Waals surface area contributed by atoms with Gasteiger partial charge in [0, 0.05) is 36.8 Å². The van der Waals surface area contributed by atoms with Crippen molar-refractivity contribution < 1.29 is 4.39 Å². The average Bonchev–Trinajstić information content (AvgIpc) is 2.91. The summed E-state index contributed by atoms with van der Waals surface area (Å²) < 4.78 is 15.7. The fourth-order valence-corrected chi connectivity index (χ4v) is 3.21. The maximum atomic E-state index is 13.6. The van der Waals surface area contributed by atoms with Crippen molar-refractivity contribution in [1.29, 1.82) is 0 Å². The lowest BCUT2D eigenvalue weighted by Gasteiger charge is -2.09. The molecule has 24 heavy (non-hydrogen) atoms. The van der Waals surface area contributed by atoms with Crippen LogP contribution in [0.25, 0.3) is 33.4 Å². The minimum absolute atomic E-state index is 0.0983. The van der Waals surface area contributed by atoms with Crippen LogP contribution in [0.5, 0.6) is 0 Å². The van der Waals surface area contributed by atoms with Gasteiger partial charge in [-0.15, -0.1) is 0 Å². The second kappa shape index (κ2) is 5.73. The second-order valence-corrected chi connectivity index (χ2v) is 5.93. The molecule has 0 amide bonds. The predicted molar refractivity (Wildman–Crippen MR) is 94.3 cm³/mol. The summed E-state index contributed by atoms with van der Waals surface area (Å²) in [5.41, 5.74) is 5.63. The normalized spacial score (nSPS) is 11.1. The first kappa shape index (κ1) is 14.8. The highest BCUT2D eigenvalue weighted by Crippen LogP contribution is 2.40. The summed E-state index contributed by atoms with van der Waals surface area (Å²) in [6.07, 6.45) is 5.26. The molecule has 3 heterocycles. The molecule has 5 heteroatoms. The molecule has 4 rings (SSSR count). The van der Waals surface area contributed by atoms with E-state index in [0.717, 1.165) is 33.4 Å². The largest absolute Gasteiger partial charge is 0.342 e. The average molecular weight is 338 g/mol. The molecule has 3 nitrogen and oxygen atoms in total. The molecule has 4 aromatic rings. The molecular weight excluding hydrogens is 325 g/mol. The van der Waals surface area contributed by atoms with E-state index in [-0.39, 0.29) is 5.02 Å². The van der Waals surface area contributed by atoms with Crippen molar-refractivity contribution >= 4 is 22.6 Å². The van der Waals surface area contributed by atoms with Crippen LogP contribution >= 0.6 is 11.6 Å². The zero-order valence-electron chi connectivity index (χ0n) is 12.9. The predicted octanol–water partition coefficient (Wildman–Crippen LogP) is 5.09. The van der Waals surface area contributed by atoms with E-state index in [9.17, 15) is 4.39 Å². The molecule has 0 aliphatic carbocycles. The van der Waals surface area contributed by atoms with Crippen LogP contribution < -0.4 is 0 Å². The molecule has 0 unspecified atom stereocenters. The lowest BCUT2D eigenvalue weighted by Crippen LogP contribution is -1.93. The van der Waals surface area contributed by atoms with Gasteiger partial charge >= 0.3 is 0 Å². The van der Waals surface area contributed by atoms with E-state index in [1.807, 2.05) is 31.3 Å². The molecule has 3 aromatic heterocycles. The monoisotopic (exact) mass is 337 g/mol. The molecule has 0 N–H and O–H groups in total. The van der Waals surface area contributed by atoms with Crippen LogP contribution in [0.3, 0.4) is 0 Å². The highest BCUT2D eigenvalue weighted by molar-refractivity contribution is 6.31. The lowest BCUT2D eigenvalue weighted by atomic mass is 10.0. The van der Waals surface area contributed by atoms with Gasteiger partial charge in [0.1, 0.15) is 5.82 Å². The Morgan fingerprint density at radius 3 is 2.54 bits per heavy atom. The van der Waals surface area contributed by atoms with Crippen molar-refractivity contribution in [3.05, 3.63) is 71.9 Å². The van der Waals surface area contributed by atoms with Gasteiger partial charge in [-0.2, -0.15) is 0 Å². The zero-order valence-corrected chi connectivity index (χ0v) is 13.6. The Morgan fingerprint density at radius 1 is 1.00 bits per heavy atom. The van der Waals surface area contributed by atoms with Crippen LogP contribution in [0.2, 0.25) is 5.02 Å². The third-order valence-electron chi connectivity index (χ3n) is 4.12. The molecule has 0 bridgehead atoms. The summed E-state index contributed by atoms with van der Waals surface area (Å²) >= 11 is 6.01. The SMILES string of the molecule is Cn1c(-c2ccncc2)c(-c2ccc(F)c(Cl)c2)c2ncccc21. The molecule has 0 atom stereocenters. The van der Waals surface area contributed by atoms with Crippen LogP contribution in [-0.4, -0.2) is 14.5 Å². The van der Waals surface area contributed by atoms with Crippen molar-refractivity contribution in [3.8, 4) is 22.4 Å². The molecule has 0 radical (unpaired) electrons. The number of halogens is 2. The van der Waals surface area contributed by atoms with E-state index < -0.39 is 5.82 Å². The molecule has 0 fully saturated rings. The number of aryl methyl sites for hydroxylation is 1. The fraction of sp³-hybridized carbons (Fsp3) is 0.0526. The Hall–Kier alpha value is -2.72. The molecule has 118 valence electrons. The molecule has 0 saturated carbocycles. The van der Waals surface area contributed by atoms with Crippen LogP contribution in [0.15, 0.2) is 61.1 Å². The second-order valence-electron chi connectivity index (χ2n) is 5.52. The van der Waals surface area contributed by atoms with Gasteiger partial charge in [-0.1, -0.05) is 17.7 Å². The number of benzene rings is 1. The first-order valence-corrected chi connectivity index (χ1v) is 7.84. The quantitative estimate of drug-likeness (QED) is 0.510. The standard InChI is InChI=1S/C19H13ClFN3/c1-24-16-3-2-8-23-18(16)17(13-4-5-15(21)14(20)11-13)19(24)12-6-9-22-10-7-12/h2-11H,1H3. The summed E-state index contributed by atoms with van der Waals surface area (Å²) in [6.45, 7) is 0. The van der Waals surface area contributed by atoms with Crippen molar-refractivity contribution in [2.75, 3.05) is 0 Å². The van der Waals surface area contributed by atoms with Crippen LogP contribution in [-0.2, 0) is 7.05 Å². The Kier molecular flexibility index (Phi) is 3.54. The van der Waals surface area contributed by atoms with Crippen molar-refractivity contribution in [2.24, 2.45) is 7.05 Å². The number of hydrogen-bond acceptors (Lipinski definition) is 2. The van der Waals surface area contributed by atoms with Gasteiger partial charge in [0.05, 0.1) is 21.7 Å². The summed E-state index contributed by atoms with van der Waals surface area (Å²) in [5.74, 6) is -0.431. The first-order chi connectivity index (χ1) is 11.7. The molecular formula is C19H13ClFN3. The smallest absolute Gasteiger partial charge is 0.141 e. The summed E-state index contributed by atoms with van der Waals surface area (Å²) in [4.78, 5) is 8.63. The molecule has 0 saturated heterocycles. The minimum atomic E-state index is -0.431. The number of nitrogens with zero attached hydrogens (tertiary/aromatic N) is 3. The van der Waals surface area contributed by atoms with Gasteiger partial charge in [0.2, 0.25) is 0 Å². The van der Waals surface area contributed by atoms with E-state index >= 15 is 0 Å². The Bertz CT molecular complexity index is 1040. The summed E-state index contributed by atoms with van der Waals surface area (Å²) in [7, 11) is 1.99. The van der Waals surface area contributed by atoms with Gasteiger partial charge in [-0.05, 0) is 42.0 Å². The van der Waals surface area contributed by atoms with Crippen LogP contribution in [0, 0.1) is 5.82 Å². The highest BCUT2D eigenvalue weighted by atomic mass is 35.5. The Morgan fingerprint density at radius 2 is 1.79 bits per heavy atom. The maximum absolute atomic E-state index is 13.6. The molecule has 0 spiro atoms. The van der Waals surface area contributed by atoms with Gasteiger partial charge in [-0.25, -0.2) is 4.39 Å². The van der Waals surface area contributed by atoms with Gasteiger partial charge in [0.25, 0.3) is 0 Å². The van der Waals surface area contributed by atoms with Crippen LogP contribution in [0.4, 0.5) is 4.39 Å².